The molecule has 0 saturated heterocycles. The molecule has 18 heavy (non-hydrogen) atoms. The van der Waals surface area contributed by atoms with E-state index in [9.17, 15) is 0 Å². The summed E-state index contributed by atoms with van der Waals surface area (Å²) in [7, 11) is -0.274. The fourth-order valence-corrected chi connectivity index (χ4v) is 1.92. The second kappa shape index (κ2) is 6.96. The minimum atomic E-state index is -0.274. The monoisotopic (exact) mass is 248 g/mol. The maximum Gasteiger partial charge on any atom is 0.494 e. The SMILES string of the molecule is CC(C)OB(OC(C)C)c1ccccc1C(C)C. The van der Waals surface area contributed by atoms with Crippen molar-refractivity contribution >= 4 is 12.6 Å². The van der Waals surface area contributed by atoms with Crippen molar-refractivity contribution in [2.75, 3.05) is 0 Å². The Balaban J connectivity index is 3.03. The third-order valence-electron chi connectivity index (χ3n) is 2.66. The molecule has 0 aromatic heterocycles. The Morgan fingerprint density at radius 2 is 1.33 bits per heavy atom. The van der Waals surface area contributed by atoms with Crippen LogP contribution in [0.15, 0.2) is 24.3 Å². The number of hydrogen-bond donors (Lipinski definition) is 0. The van der Waals surface area contributed by atoms with E-state index < -0.39 is 0 Å². The summed E-state index contributed by atoms with van der Waals surface area (Å²) in [5.74, 6) is 0.468. The van der Waals surface area contributed by atoms with Gasteiger partial charge >= 0.3 is 7.12 Å². The van der Waals surface area contributed by atoms with E-state index in [0.717, 1.165) is 5.46 Å². The van der Waals surface area contributed by atoms with Crippen LogP contribution >= 0.6 is 0 Å². The van der Waals surface area contributed by atoms with Gasteiger partial charge in [-0.25, -0.2) is 0 Å². The summed E-state index contributed by atoms with van der Waals surface area (Å²) in [4.78, 5) is 0. The Kier molecular flexibility index (Phi) is 5.90. The molecule has 0 N–H and O–H groups in total. The van der Waals surface area contributed by atoms with Crippen LogP contribution in [0, 0.1) is 0 Å². The molecule has 0 amide bonds. The van der Waals surface area contributed by atoms with Crippen LogP contribution in [-0.4, -0.2) is 19.3 Å². The maximum absolute atomic E-state index is 5.92. The zero-order chi connectivity index (χ0) is 13.7. The molecule has 0 unspecified atom stereocenters. The molecular formula is C15H25BO2. The molecule has 1 aromatic carbocycles. The lowest BCUT2D eigenvalue weighted by atomic mass is 9.73. The summed E-state index contributed by atoms with van der Waals surface area (Å²) in [6.07, 6.45) is 0.294. The molecule has 0 aliphatic carbocycles. The summed E-state index contributed by atoms with van der Waals surface area (Å²) >= 11 is 0. The van der Waals surface area contributed by atoms with E-state index in [-0.39, 0.29) is 19.3 Å². The molecule has 2 nitrogen and oxygen atoms in total. The van der Waals surface area contributed by atoms with Gasteiger partial charge in [0.25, 0.3) is 0 Å². The topological polar surface area (TPSA) is 18.5 Å². The summed E-state index contributed by atoms with van der Waals surface area (Å²) in [6, 6.07) is 8.37. The molecule has 0 atom stereocenters. The minimum Gasteiger partial charge on any atom is -0.405 e. The minimum absolute atomic E-state index is 0.147. The molecule has 100 valence electrons. The van der Waals surface area contributed by atoms with E-state index >= 15 is 0 Å². The van der Waals surface area contributed by atoms with Crippen LogP contribution in [0.25, 0.3) is 0 Å². The van der Waals surface area contributed by atoms with Crippen LogP contribution in [0.2, 0.25) is 0 Å². The standard InChI is InChI=1S/C15H25BO2/c1-11(2)14-9-7-8-10-15(14)16(17-12(3)4)18-13(5)6/h7-13H,1-6H3. The van der Waals surface area contributed by atoms with Gasteiger partial charge in [0.2, 0.25) is 0 Å². The summed E-state index contributed by atoms with van der Waals surface area (Å²) < 4.78 is 11.8. The van der Waals surface area contributed by atoms with Crippen molar-refractivity contribution in [1.82, 2.24) is 0 Å². The predicted molar refractivity (Wildman–Crippen MR) is 78.4 cm³/mol. The highest BCUT2D eigenvalue weighted by Gasteiger charge is 2.27. The van der Waals surface area contributed by atoms with Crippen LogP contribution in [0.4, 0.5) is 0 Å². The van der Waals surface area contributed by atoms with Crippen LogP contribution < -0.4 is 5.46 Å². The van der Waals surface area contributed by atoms with E-state index in [1.165, 1.54) is 5.56 Å². The third kappa shape index (κ3) is 4.47. The Morgan fingerprint density at radius 3 is 1.78 bits per heavy atom. The highest BCUT2D eigenvalue weighted by molar-refractivity contribution is 6.62. The van der Waals surface area contributed by atoms with E-state index in [4.69, 9.17) is 9.31 Å². The molecule has 3 heteroatoms. The quantitative estimate of drug-likeness (QED) is 0.719. The van der Waals surface area contributed by atoms with Gasteiger partial charge in [-0.2, -0.15) is 0 Å². The van der Waals surface area contributed by atoms with Gasteiger partial charge in [-0.1, -0.05) is 38.1 Å². The fraction of sp³-hybridized carbons (Fsp3) is 0.600. The van der Waals surface area contributed by atoms with Gasteiger partial charge in [-0.15, -0.1) is 0 Å². The lowest BCUT2D eigenvalue weighted by Crippen LogP contribution is -2.42. The molecule has 0 fully saturated rings. The van der Waals surface area contributed by atoms with Crippen molar-refractivity contribution in [3.8, 4) is 0 Å². The van der Waals surface area contributed by atoms with Crippen molar-refractivity contribution in [2.24, 2.45) is 0 Å². The first-order chi connectivity index (χ1) is 8.41. The van der Waals surface area contributed by atoms with E-state index in [1.807, 2.05) is 33.8 Å². The molecule has 0 bridgehead atoms. The zero-order valence-corrected chi connectivity index (χ0v) is 12.4. The van der Waals surface area contributed by atoms with Gasteiger partial charge in [0, 0.05) is 12.2 Å². The third-order valence-corrected chi connectivity index (χ3v) is 2.66. The van der Waals surface area contributed by atoms with Gasteiger partial charge in [0.1, 0.15) is 0 Å². The van der Waals surface area contributed by atoms with Gasteiger partial charge in [-0.3, -0.25) is 0 Å². The van der Waals surface area contributed by atoms with E-state index in [1.54, 1.807) is 0 Å². The summed E-state index contributed by atoms with van der Waals surface area (Å²) in [5.41, 5.74) is 2.44. The highest BCUT2D eigenvalue weighted by Crippen LogP contribution is 2.14. The van der Waals surface area contributed by atoms with Crippen LogP contribution in [0.3, 0.4) is 0 Å². The van der Waals surface area contributed by atoms with Gasteiger partial charge in [0.05, 0.1) is 0 Å². The second-order valence-corrected chi connectivity index (χ2v) is 5.49. The number of hydrogen-bond acceptors (Lipinski definition) is 2. The van der Waals surface area contributed by atoms with Crippen molar-refractivity contribution in [2.45, 2.75) is 59.7 Å². The van der Waals surface area contributed by atoms with Crippen LogP contribution in [0.5, 0.6) is 0 Å². The normalized spacial score (nSPS) is 11.6. The van der Waals surface area contributed by atoms with Gasteiger partial charge in [-0.05, 0) is 44.6 Å². The van der Waals surface area contributed by atoms with E-state index in [2.05, 4.69) is 32.0 Å². The Bertz CT molecular complexity index is 351. The van der Waals surface area contributed by atoms with Gasteiger partial charge < -0.3 is 9.31 Å². The number of rotatable bonds is 6. The van der Waals surface area contributed by atoms with Crippen molar-refractivity contribution in [3.63, 3.8) is 0 Å². The molecule has 0 radical (unpaired) electrons. The Labute approximate surface area is 112 Å². The Hall–Kier alpha value is -0.795. The maximum atomic E-state index is 5.92. The van der Waals surface area contributed by atoms with Crippen molar-refractivity contribution in [1.29, 1.82) is 0 Å². The van der Waals surface area contributed by atoms with Crippen molar-refractivity contribution in [3.05, 3.63) is 29.8 Å². The Morgan fingerprint density at radius 1 is 0.833 bits per heavy atom. The summed E-state index contributed by atoms with van der Waals surface area (Å²) in [6.45, 7) is 12.5. The molecule has 0 spiro atoms. The molecule has 1 rings (SSSR count). The average Bonchev–Trinajstić information content (AvgIpc) is 2.26. The highest BCUT2D eigenvalue weighted by atomic mass is 16.6. The number of benzene rings is 1. The van der Waals surface area contributed by atoms with Crippen LogP contribution in [-0.2, 0) is 9.31 Å². The fourth-order valence-electron chi connectivity index (χ4n) is 1.92. The van der Waals surface area contributed by atoms with Crippen molar-refractivity contribution < 1.29 is 9.31 Å². The second-order valence-electron chi connectivity index (χ2n) is 5.49. The first-order valence-electron chi connectivity index (χ1n) is 6.81. The first kappa shape index (κ1) is 15.3. The summed E-state index contributed by atoms with van der Waals surface area (Å²) in [5, 5.41) is 0. The first-order valence-corrected chi connectivity index (χ1v) is 6.81. The van der Waals surface area contributed by atoms with Gasteiger partial charge in [0.15, 0.2) is 0 Å². The molecule has 1 aromatic rings. The predicted octanol–water partition coefficient (Wildman–Crippen LogP) is 3.36. The lowest BCUT2D eigenvalue weighted by molar-refractivity contribution is 0.139. The molecule has 0 aliphatic rings. The molecular weight excluding hydrogens is 223 g/mol. The zero-order valence-electron chi connectivity index (χ0n) is 12.4. The molecule has 0 saturated carbocycles. The average molecular weight is 248 g/mol. The molecule has 0 heterocycles. The van der Waals surface area contributed by atoms with E-state index in [0.29, 0.717) is 5.92 Å². The lowest BCUT2D eigenvalue weighted by Gasteiger charge is -2.23. The smallest absolute Gasteiger partial charge is 0.405 e. The van der Waals surface area contributed by atoms with Crippen LogP contribution in [0.1, 0.15) is 53.0 Å². The molecule has 0 aliphatic heterocycles. The largest absolute Gasteiger partial charge is 0.494 e.